The van der Waals surface area contributed by atoms with E-state index < -0.39 is 34.4 Å². The summed E-state index contributed by atoms with van der Waals surface area (Å²) in [7, 11) is 0. The van der Waals surface area contributed by atoms with Crippen LogP contribution in [-0.2, 0) is 0 Å². The zero-order chi connectivity index (χ0) is 27.9. The zero-order valence-electron chi connectivity index (χ0n) is 21.2. The molecule has 0 saturated heterocycles. The first-order valence-electron chi connectivity index (χ1n) is 12.8. The number of halogens is 2. The van der Waals surface area contributed by atoms with Gasteiger partial charge in [-0.2, -0.15) is 0 Å². The van der Waals surface area contributed by atoms with E-state index in [1.807, 2.05) is 12.1 Å². The second-order valence-electron chi connectivity index (χ2n) is 10.6. The standard InChI is InChI=1S/C31H22Br2N2O5/c1-29(38)16-19(20-10-6-14-24(32)34-20)30(27(36)17-8-2-4-12-22(17)39-30)26(21-11-7-15-25(33)35-21)31(29)28(37)18-9-3-5-13-23(18)40-31/h2-15,19,26,38H,16H2,1H3/t19-,26+,29+,30+,31-/m1/s1. The smallest absolute Gasteiger partial charge is 0.214 e. The molecular formula is C31H22Br2N2O5. The number of pyridine rings is 2. The summed E-state index contributed by atoms with van der Waals surface area (Å²) in [4.78, 5) is 38.8. The predicted molar refractivity (Wildman–Crippen MR) is 153 cm³/mol. The van der Waals surface area contributed by atoms with Crippen LogP contribution in [0.1, 0.15) is 57.3 Å². The molecule has 4 heterocycles. The number of benzene rings is 2. The van der Waals surface area contributed by atoms with Crippen LogP contribution in [0.4, 0.5) is 0 Å². The van der Waals surface area contributed by atoms with E-state index in [0.29, 0.717) is 43.2 Å². The molecule has 1 N–H and O–H groups in total. The van der Waals surface area contributed by atoms with Gasteiger partial charge in [-0.05, 0) is 93.7 Å². The Labute approximate surface area is 246 Å². The summed E-state index contributed by atoms with van der Waals surface area (Å²) >= 11 is 6.92. The van der Waals surface area contributed by atoms with E-state index in [0.717, 1.165) is 0 Å². The third-order valence-corrected chi connectivity index (χ3v) is 9.27. The number of Topliss-reactive ketones (excluding diaryl/α,β-unsaturated/α-hetero) is 2. The van der Waals surface area contributed by atoms with Gasteiger partial charge in [0, 0.05) is 5.69 Å². The summed E-state index contributed by atoms with van der Waals surface area (Å²) in [6, 6.07) is 24.6. The van der Waals surface area contributed by atoms with E-state index >= 15 is 0 Å². The lowest BCUT2D eigenvalue weighted by atomic mass is 9.51. The summed E-state index contributed by atoms with van der Waals surface area (Å²) in [6.45, 7) is 1.59. The normalized spacial score (nSPS) is 30.2. The molecule has 4 aromatic rings. The van der Waals surface area contributed by atoms with Crippen molar-refractivity contribution in [2.24, 2.45) is 0 Å². The molecule has 2 aromatic carbocycles. The first-order valence-corrected chi connectivity index (χ1v) is 14.4. The molecule has 1 saturated carbocycles. The second-order valence-corrected chi connectivity index (χ2v) is 12.2. The van der Waals surface area contributed by atoms with Crippen LogP contribution in [0, 0.1) is 0 Å². The van der Waals surface area contributed by atoms with Gasteiger partial charge in [0.25, 0.3) is 0 Å². The molecule has 3 aliphatic rings. The molecule has 2 aliphatic heterocycles. The molecule has 7 nitrogen and oxygen atoms in total. The third kappa shape index (κ3) is 3.31. The number of fused-ring (bicyclic) bond motifs is 2. The number of carbonyl (C=O) groups excluding carboxylic acids is 2. The highest BCUT2D eigenvalue weighted by molar-refractivity contribution is 9.10. The molecule has 2 spiro atoms. The molecule has 0 bridgehead atoms. The molecule has 1 fully saturated rings. The quantitative estimate of drug-likeness (QED) is 0.261. The van der Waals surface area contributed by atoms with Crippen LogP contribution >= 0.6 is 31.9 Å². The first kappa shape index (κ1) is 25.6. The minimum Gasteiger partial charge on any atom is -0.477 e. The Bertz CT molecular complexity index is 1730. The highest BCUT2D eigenvalue weighted by atomic mass is 79.9. The summed E-state index contributed by atoms with van der Waals surface area (Å²) in [6.07, 6.45) is -0.0413. The minimum atomic E-state index is -1.93. The number of ether oxygens (including phenoxy) is 2. The lowest BCUT2D eigenvalue weighted by molar-refractivity contribution is -0.173. The number of rotatable bonds is 2. The highest BCUT2D eigenvalue weighted by Gasteiger charge is 2.79. The highest BCUT2D eigenvalue weighted by Crippen LogP contribution is 2.65. The van der Waals surface area contributed by atoms with Crippen LogP contribution in [-0.4, -0.2) is 43.4 Å². The van der Waals surface area contributed by atoms with Gasteiger partial charge in [-0.3, -0.25) is 9.59 Å². The number of para-hydroxylation sites is 2. The Morgan fingerprint density at radius 1 is 0.750 bits per heavy atom. The fourth-order valence-electron chi connectivity index (χ4n) is 6.78. The molecular weight excluding hydrogens is 640 g/mol. The van der Waals surface area contributed by atoms with E-state index in [1.54, 1.807) is 79.7 Å². The Morgan fingerprint density at radius 2 is 1.30 bits per heavy atom. The first-order chi connectivity index (χ1) is 19.2. The average Bonchev–Trinajstić information content (AvgIpc) is 3.40. The van der Waals surface area contributed by atoms with Gasteiger partial charge in [-0.15, -0.1) is 0 Å². The van der Waals surface area contributed by atoms with E-state index in [9.17, 15) is 14.7 Å². The maximum atomic E-state index is 14.8. The van der Waals surface area contributed by atoms with Crippen molar-refractivity contribution in [2.75, 3.05) is 0 Å². The Hall–Kier alpha value is -3.40. The van der Waals surface area contributed by atoms with Gasteiger partial charge in [-0.25, -0.2) is 9.97 Å². The molecule has 5 atom stereocenters. The molecule has 40 heavy (non-hydrogen) atoms. The van der Waals surface area contributed by atoms with E-state index in [1.165, 1.54) is 0 Å². The minimum absolute atomic E-state index is 0.0413. The number of carbonyl (C=O) groups is 2. The maximum Gasteiger partial charge on any atom is 0.214 e. The topological polar surface area (TPSA) is 98.6 Å². The van der Waals surface area contributed by atoms with E-state index in [2.05, 4.69) is 31.9 Å². The van der Waals surface area contributed by atoms with E-state index in [-0.39, 0.29) is 12.2 Å². The van der Waals surface area contributed by atoms with Crippen LogP contribution in [0.2, 0.25) is 0 Å². The predicted octanol–water partition coefficient (Wildman–Crippen LogP) is 6.05. The van der Waals surface area contributed by atoms with E-state index in [4.69, 9.17) is 19.4 Å². The number of hydrogen-bond donors (Lipinski definition) is 1. The van der Waals surface area contributed by atoms with Gasteiger partial charge in [0.1, 0.15) is 26.3 Å². The number of aromatic nitrogens is 2. The average molecular weight is 662 g/mol. The fraction of sp³-hybridized carbons (Fsp3) is 0.226. The Kier molecular flexibility index (Phi) is 5.62. The molecule has 0 unspecified atom stereocenters. The summed E-state index contributed by atoms with van der Waals surface area (Å²) in [5, 5.41) is 12.4. The zero-order valence-corrected chi connectivity index (χ0v) is 24.3. The molecule has 1 aliphatic carbocycles. The summed E-state index contributed by atoms with van der Waals surface area (Å²) in [5.41, 5.74) is -3.78. The number of ketones is 2. The third-order valence-electron chi connectivity index (χ3n) is 8.39. The van der Waals surface area contributed by atoms with Crippen LogP contribution in [0.3, 0.4) is 0 Å². The van der Waals surface area contributed by atoms with Crippen molar-refractivity contribution >= 4 is 43.4 Å². The molecule has 7 rings (SSSR count). The summed E-state index contributed by atoms with van der Waals surface area (Å²) in [5.74, 6) is -1.93. The van der Waals surface area contributed by atoms with Gasteiger partial charge in [0.05, 0.1) is 28.7 Å². The lowest BCUT2D eigenvalue weighted by Crippen LogP contribution is -2.75. The van der Waals surface area contributed by atoms with Crippen molar-refractivity contribution in [3.63, 3.8) is 0 Å². The Balaban J connectivity index is 1.58. The fourth-order valence-corrected chi connectivity index (χ4v) is 7.49. The van der Waals surface area contributed by atoms with Crippen molar-refractivity contribution in [3.8, 4) is 11.5 Å². The van der Waals surface area contributed by atoms with Gasteiger partial charge in [0.2, 0.25) is 17.2 Å². The SMILES string of the molecule is C[C@]1(O)C[C@H](c2cccc(Br)n2)[C@]2(Oc3ccccc3C2=O)[C@H](c2cccc(Br)n2)[C@]12Oc1ccccc1C2=O. The van der Waals surface area contributed by atoms with Crippen LogP contribution in [0.25, 0.3) is 0 Å². The number of hydrogen-bond acceptors (Lipinski definition) is 7. The Morgan fingerprint density at radius 3 is 1.90 bits per heavy atom. The summed E-state index contributed by atoms with van der Waals surface area (Å²) < 4.78 is 14.5. The maximum absolute atomic E-state index is 14.8. The van der Waals surface area contributed by atoms with Crippen LogP contribution < -0.4 is 9.47 Å². The van der Waals surface area contributed by atoms with Crippen molar-refractivity contribution in [1.82, 2.24) is 9.97 Å². The second kappa shape index (κ2) is 8.80. The number of nitrogens with zero attached hydrogens (tertiary/aromatic N) is 2. The van der Waals surface area contributed by atoms with Crippen molar-refractivity contribution in [2.45, 2.75) is 42.0 Å². The van der Waals surface area contributed by atoms with Crippen LogP contribution in [0.15, 0.2) is 94.1 Å². The molecule has 2 aromatic heterocycles. The van der Waals surface area contributed by atoms with Gasteiger partial charge in [-0.1, -0.05) is 36.4 Å². The van der Waals surface area contributed by atoms with Crippen molar-refractivity contribution < 1.29 is 24.2 Å². The van der Waals surface area contributed by atoms with Crippen molar-refractivity contribution in [3.05, 3.63) is 117 Å². The molecule has 200 valence electrons. The molecule has 9 heteroatoms. The molecule has 0 amide bonds. The van der Waals surface area contributed by atoms with Gasteiger partial charge >= 0.3 is 0 Å². The molecule has 0 radical (unpaired) electrons. The van der Waals surface area contributed by atoms with Crippen molar-refractivity contribution in [1.29, 1.82) is 0 Å². The monoisotopic (exact) mass is 660 g/mol. The number of aliphatic hydroxyl groups is 1. The van der Waals surface area contributed by atoms with Crippen LogP contribution in [0.5, 0.6) is 11.5 Å². The van der Waals surface area contributed by atoms with Gasteiger partial charge in [0.15, 0.2) is 5.60 Å². The lowest BCUT2D eigenvalue weighted by Gasteiger charge is -2.57. The largest absolute Gasteiger partial charge is 0.477 e. The van der Waals surface area contributed by atoms with Gasteiger partial charge < -0.3 is 14.6 Å².